The van der Waals surface area contributed by atoms with E-state index in [1.807, 2.05) is 26.8 Å². The van der Waals surface area contributed by atoms with Crippen molar-refractivity contribution in [3.8, 4) is 45.6 Å². The number of carbonyl (C=O) groups is 1. The Kier molecular flexibility index (Phi) is 8.61. The summed E-state index contributed by atoms with van der Waals surface area (Å²) in [7, 11) is 7.63. The van der Waals surface area contributed by atoms with Gasteiger partial charge in [-0.25, -0.2) is 0 Å². The summed E-state index contributed by atoms with van der Waals surface area (Å²) in [5.41, 5.74) is 2.61. The van der Waals surface area contributed by atoms with E-state index in [9.17, 15) is 9.90 Å². The molecule has 0 heterocycles. The van der Waals surface area contributed by atoms with Crippen LogP contribution in [0.5, 0.6) is 34.5 Å². The van der Waals surface area contributed by atoms with Crippen molar-refractivity contribution in [2.24, 2.45) is 17.8 Å². The molecule has 0 radical (unpaired) electrons. The van der Waals surface area contributed by atoms with E-state index in [-0.39, 0.29) is 35.7 Å². The molecule has 0 bridgehead atoms. The van der Waals surface area contributed by atoms with Crippen LogP contribution >= 0.6 is 0 Å². The summed E-state index contributed by atoms with van der Waals surface area (Å²) in [6.07, 6.45) is -0.0232. The van der Waals surface area contributed by atoms with Crippen molar-refractivity contribution in [2.45, 2.75) is 46.6 Å². The summed E-state index contributed by atoms with van der Waals surface area (Å²) in [6, 6.07) is 3.66. The van der Waals surface area contributed by atoms with E-state index in [1.54, 1.807) is 13.2 Å². The van der Waals surface area contributed by atoms with Crippen molar-refractivity contribution in [1.82, 2.24) is 0 Å². The highest BCUT2D eigenvalue weighted by molar-refractivity contribution is 5.90. The molecule has 3 atom stereocenters. The molecule has 0 aliphatic heterocycles. The molecule has 2 aromatic rings. The van der Waals surface area contributed by atoms with E-state index in [2.05, 4.69) is 6.92 Å². The molecule has 1 aliphatic rings. The molecule has 0 saturated heterocycles. The molecule has 0 fully saturated rings. The Bertz CT molecular complexity index is 1110. The highest BCUT2D eigenvalue weighted by atomic mass is 16.6. The third-order valence-corrected chi connectivity index (χ3v) is 6.87. The number of hydrogen-bond acceptors (Lipinski definition) is 8. The average molecular weight is 503 g/mol. The van der Waals surface area contributed by atoms with Gasteiger partial charge in [-0.3, -0.25) is 4.79 Å². The lowest BCUT2D eigenvalue weighted by Crippen LogP contribution is -2.23. The highest BCUT2D eigenvalue weighted by Gasteiger charge is 2.37. The Hall–Kier alpha value is -3.13. The largest absolute Gasteiger partial charge is 0.493 e. The number of hydrogen-bond donors (Lipinski definition) is 1. The van der Waals surface area contributed by atoms with Crippen LogP contribution in [0.25, 0.3) is 11.1 Å². The molecule has 8 heteroatoms. The van der Waals surface area contributed by atoms with Crippen molar-refractivity contribution in [3.63, 3.8) is 0 Å². The summed E-state index contributed by atoms with van der Waals surface area (Å²) in [6.45, 7) is 7.99. The SMILES string of the molecule is COc1cc2c(c(OC(=O)CC(C)C)c1OC)-c1c(cc(OC)c(OC)c1OC)[C@H](O)[C@H](C)[C@H](C)C2. The number of ether oxygens (including phenoxy) is 6. The van der Waals surface area contributed by atoms with Gasteiger partial charge in [0.05, 0.1) is 41.7 Å². The summed E-state index contributed by atoms with van der Waals surface area (Å²) in [4.78, 5) is 13.0. The van der Waals surface area contributed by atoms with E-state index in [0.717, 1.165) is 5.56 Å². The fraction of sp³-hybridized carbons (Fsp3) is 0.536. The molecule has 0 unspecified atom stereocenters. The Morgan fingerprint density at radius 3 is 1.94 bits per heavy atom. The summed E-state index contributed by atoms with van der Waals surface area (Å²) in [5.74, 6) is 1.80. The number of esters is 1. The van der Waals surface area contributed by atoms with Crippen LogP contribution in [0, 0.1) is 17.8 Å². The summed E-state index contributed by atoms with van der Waals surface area (Å²) in [5, 5.41) is 11.5. The lowest BCUT2D eigenvalue weighted by molar-refractivity contribution is -0.135. The first-order valence-electron chi connectivity index (χ1n) is 12.1. The fourth-order valence-corrected chi connectivity index (χ4v) is 4.83. The zero-order valence-corrected chi connectivity index (χ0v) is 22.7. The number of fused-ring (bicyclic) bond motifs is 3. The quantitative estimate of drug-likeness (QED) is 0.389. The monoisotopic (exact) mass is 502 g/mol. The van der Waals surface area contributed by atoms with Crippen LogP contribution in [-0.2, 0) is 11.2 Å². The standard InChI is InChI=1S/C28H38O8/c1-14(2)10-21(29)36-28-22-17(12-19(31-5)26(28)34-8)11-15(3)16(4)24(30)18-13-20(32-6)25(33-7)27(35-9)23(18)22/h12-16,24,30H,10-11H2,1-9H3/t15-,16-,24-/m1/s1. The predicted octanol–water partition coefficient (Wildman–Crippen LogP) is 5.21. The molecule has 198 valence electrons. The third-order valence-electron chi connectivity index (χ3n) is 6.87. The minimum Gasteiger partial charge on any atom is -0.493 e. The summed E-state index contributed by atoms with van der Waals surface area (Å²) >= 11 is 0. The van der Waals surface area contributed by atoms with Gasteiger partial charge in [-0.15, -0.1) is 0 Å². The van der Waals surface area contributed by atoms with Gasteiger partial charge in [0, 0.05) is 17.5 Å². The summed E-state index contributed by atoms with van der Waals surface area (Å²) < 4.78 is 34.5. The maximum absolute atomic E-state index is 13.0. The van der Waals surface area contributed by atoms with Crippen molar-refractivity contribution in [1.29, 1.82) is 0 Å². The van der Waals surface area contributed by atoms with Gasteiger partial charge in [-0.2, -0.15) is 0 Å². The van der Waals surface area contributed by atoms with Gasteiger partial charge in [0.15, 0.2) is 23.0 Å². The van der Waals surface area contributed by atoms with Gasteiger partial charge in [0.2, 0.25) is 11.5 Å². The Balaban J connectivity index is 2.53. The minimum absolute atomic E-state index is 0.0864. The molecule has 1 aliphatic carbocycles. The average Bonchev–Trinajstić information content (AvgIpc) is 2.85. The van der Waals surface area contributed by atoms with Crippen molar-refractivity contribution in [3.05, 3.63) is 23.3 Å². The first-order valence-corrected chi connectivity index (χ1v) is 12.1. The van der Waals surface area contributed by atoms with Crippen molar-refractivity contribution < 1.29 is 38.3 Å². The van der Waals surface area contributed by atoms with Crippen LogP contribution in [0.15, 0.2) is 12.1 Å². The van der Waals surface area contributed by atoms with Crippen molar-refractivity contribution in [2.75, 3.05) is 35.5 Å². The van der Waals surface area contributed by atoms with Crippen LogP contribution in [-0.4, -0.2) is 46.6 Å². The fourth-order valence-electron chi connectivity index (χ4n) is 4.83. The zero-order chi connectivity index (χ0) is 26.7. The van der Waals surface area contributed by atoms with Gasteiger partial charge in [0.1, 0.15) is 0 Å². The van der Waals surface area contributed by atoms with E-state index in [4.69, 9.17) is 28.4 Å². The Morgan fingerprint density at radius 2 is 1.42 bits per heavy atom. The van der Waals surface area contributed by atoms with Crippen LogP contribution in [0.4, 0.5) is 0 Å². The number of rotatable bonds is 8. The molecule has 36 heavy (non-hydrogen) atoms. The van der Waals surface area contributed by atoms with E-state index in [0.29, 0.717) is 46.1 Å². The number of aliphatic hydroxyl groups is 1. The van der Waals surface area contributed by atoms with Crippen LogP contribution in [0.3, 0.4) is 0 Å². The van der Waals surface area contributed by atoms with E-state index < -0.39 is 12.1 Å². The van der Waals surface area contributed by atoms with Crippen LogP contribution in [0.1, 0.15) is 51.3 Å². The number of benzene rings is 2. The lowest BCUT2D eigenvalue weighted by Gasteiger charge is -2.33. The molecule has 0 saturated carbocycles. The molecular formula is C28H38O8. The molecule has 0 spiro atoms. The van der Waals surface area contributed by atoms with Gasteiger partial charge < -0.3 is 33.5 Å². The smallest absolute Gasteiger partial charge is 0.311 e. The second-order valence-electron chi connectivity index (χ2n) is 9.64. The first kappa shape index (κ1) is 27.5. The van der Waals surface area contributed by atoms with E-state index in [1.165, 1.54) is 28.4 Å². The van der Waals surface area contributed by atoms with Gasteiger partial charge in [-0.05, 0) is 47.4 Å². The number of carbonyl (C=O) groups excluding carboxylic acids is 1. The Labute approximate surface area is 213 Å². The maximum Gasteiger partial charge on any atom is 0.311 e. The molecule has 0 amide bonds. The second kappa shape index (κ2) is 11.3. The predicted molar refractivity (Wildman–Crippen MR) is 137 cm³/mol. The van der Waals surface area contributed by atoms with Crippen LogP contribution < -0.4 is 28.4 Å². The lowest BCUT2D eigenvalue weighted by atomic mass is 9.76. The normalized spacial score (nSPS) is 18.9. The van der Waals surface area contributed by atoms with E-state index >= 15 is 0 Å². The molecule has 3 rings (SSSR count). The van der Waals surface area contributed by atoms with Crippen LogP contribution in [0.2, 0.25) is 0 Å². The van der Waals surface area contributed by atoms with Gasteiger partial charge >= 0.3 is 5.97 Å². The molecule has 1 N–H and O–H groups in total. The maximum atomic E-state index is 13.0. The third kappa shape index (κ3) is 4.91. The highest BCUT2D eigenvalue weighted by Crippen LogP contribution is 2.57. The number of methoxy groups -OCH3 is 5. The first-order chi connectivity index (χ1) is 17.1. The minimum atomic E-state index is -0.843. The molecule has 0 aromatic heterocycles. The molecule has 8 nitrogen and oxygen atoms in total. The molecular weight excluding hydrogens is 464 g/mol. The zero-order valence-electron chi connectivity index (χ0n) is 22.7. The second-order valence-corrected chi connectivity index (χ2v) is 9.64. The van der Waals surface area contributed by atoms with Gasteiger partial charge in [-0.1, -0.05) is 27.7 Å². The number of aliphatic hydroxyl groups excluding tert-OH is 1. The van der Waals surface area contributed by atoms with Crippen molar-refractivity contribution >= 4 is 5.97 Å². The molecule has 2 aromatic carbocycles. The van der Waals surface area contributed by atoms with Gasteiger partial charge in [0.25, 0.3) is 0 Å². The topological polar surface area (TPSA) is 92.7 Å². The Morgan fingerprint density at radius 1 is 0.861 bits per heavy atom.